The fourth-order valence-electron chi connectivity index (χ4n) is 2.09. The van der Waals surface area contributed by atoms with E-state index in [9.17, 15) is 9.59 Å². The van der Waals surface area contributed by atoms with Gasteiger partial charge in [0.2, 0.25) is 5.78 Å². The van der Waals surface area contributed by atoms with Crippen molar-refractivity contribution in [2.24, 2.45) is 5.92 Å². The third-order valence-electron chi connectivity index (χ3n) is 3.48. The zero-order valence-corrected chi connectivity index (χ0v) is 10.4. The Kier molecular flexibility index (Phi) is 3.07. The van der Waals surface area contributed by atoms with Gasteiger partial charge in [0.15, 0.2) is 12.4 Å². The van der Waals surface area contributed by atoms with Crippen LogP contribution < -0.4 is 0 Å². The number of ether oxygens (including phenoxy) is 1. The largest absolute Gasteiger partial charge is 0.457 e. The highest BCUT2D eigenvalue weighted by atomic mass is 16.5. The molecule has 1 saturated carbocycles. The molecule has 0 aliphatic heterocycles. The second-order valence-corrected chi connectivity index (χ2v) is 4.81. The first-order valence-corrected chi connectivity index (χ1v) is 6.42. The van der Waals surface area contributed by atoms with Gasteiger partial charge in [-0.3, -0.25) is 9.59 Å². The monoisotopic (exact) mass is 258 g/mol. The molecule has 1 fully saturated rings. The summed E-state index contributed by atoms with van der Waals surface area (Å²) >= 11 is 0. The van der Waals surface area contributed by atoms with Crippen molar-refractivity contribution in [3.05, 3.63) is 36.1 Å². The van der Waals surface area contributed by atoms with Gasteiger partial charge >= 0.3 is 5.97 Å². The number of carbonyl (C=O) groups is 2. The molecule has 1 aromatic heterocycles. The molecule has 19 heavy (non-hydrogen) atoms. The summed E-state index contributed by atoms with van der Waals surface area (Å²) < 4.78 is 10.4. The van der Waals surface area contributed by atoms with Crippen molar-refractivity contribution in [1.29, 1.82) is 0 Å². The first-order valence-electron chi connectivity index (χ1n) is 6.42. The molecule has 0 N–H and O–H groups in total. The number of ketones is 1. The molecule has 2 aromatic rings. The molecule has 1 aliphatic carbocycles. The number of esters is 1. The summed E-state index contributed by atoms with van der Waals surface area (Å²) in [4.78, 5) is 23.4. The van der Waals surface area contributed by atoms with E-state index >= 15 is 0 Å². The van der Waals surface area contributed by atoms with Gasteiger partial charge in [-0.1, -0.05) is 24.6 Å². The second-order valence-electron chi connectivity index (χ2n) is 4.81. The van der Waals surface area contributed by atoms with Crippen LogP contribution in [-0.2, 0) is 9.53 Å². The SMILES string of the molecule is O=C(COC(=O)C1CCC1)c1cc2ccccc2o1. The van der Waals surface area contributed by atoms with Gasteiger partial charge in [-0.2, -0.15) is 0 Å². The van der Waals surface area contributed by atoms with E-state index in [2.05, 4.69) is 0 Å². The maximum atomic E-state index is 11.9. The van der Waals surface area contributed by atoms with Crippen molar-refractivity contribution in [2.45, 2.75) is 19.3 Å². The summed E-state index contributed by atoms with van der Waals surface area (Å²) in [5, 5.41) is 0.871. The molecule has 0 spiro atoms. The van der Waals surface area contributed by atoms with Crippen molar-refractivity contribution in [1.82, 2.24) is 0 Å². The van der Waals surface area contributed by atoms with E-state index < -0.39 is 0 Å². The number of fused-ring (bicyclic) bond motifs is 1. The van der Waals surface area contributed by atoms with Crippen molar-refractivity contribution < 1.29 is 18.7 Å². The van der Waals surface area contributed by atoms with Gasteiger partial charge < -0.3 is 9.15 Å². The Bertz CT molecular complexity index is 589. The van der Waals surface area contributed by atoms with Crippen LogP contribution in [-0.4, -0.2) is 18.4 Å². The van der Waals surface area contributed by atoms with Gasteiger partial charge in [-0.25, -0.2) is 0 Å². The molecule has 0 amide bonds. The third-order valence-corrected chi connectivity index (χ3v) is 3.48. The molecule has 0 saturated heterocycles. The van der Waals surface area contributed by atoms with Gasteiger partial charge in [-0.15, -0.1) is 0 Å². The number of furan rings is 1. The lowest BCUT2D eigenvalue weighted by Gasteiger charge is -2.22. The smallest absolute Gasteiger partial charge is 0.309 e. The quantitative estimate of drug-likeness (QED) is 0.625. The van der Waals surface area contributed by atoms with E-state index in [0.717, 1.165) is 24.6 Å². The maximum absolute atomic E-state index is 11.9. The van der Waals surface area contributed by atoms with Crippen molar-refractivity contribution >= 4 is 22.7 Å². The van der Waals surface area contributed by atoms with Gasteiger partial charge in [0, 0.05) is 5.39 Å². The van der Waals surface area contributed by atoms with Gasteiger partial charge in [0.1, 0.15) is 5.58 Å². The Morgan fingerprint density at radius 3 is 2.74 bits per heavy atom. The first kappa shape index (κ1) is 12.0. The maximum Gasteiger partial charge on any atom is 0.309 e. The summed E-state index contributed by atoms with van der Waals surface area (Å²) in [6.07, 6.45) is 2.81. The molecule has 1 aliphatic rings. The van der Waals surface area contributed by atoms with E-state index in [1.165, 1.54) is 0 Å². The van der Waals surface area contributed by atoms with Gasteiger partial charge in [0.25, 0.3) is 0 Å². The van der Waals surface area contributed by atoms with E-state index in [1.54, 1.807) is 12.1 Å². The van der Waals surface area contributed by atoms with Crippen LogP contribution in [0.5, 0.6) is 0 Å². The standard InChI is InChI=1S/C15H14O4/c16-12(9-18-15(17)10-5-3-6-10)14-8-11-4-1-2-7-13(11)19-14/h1-2,4,7-8,10H,3,5-6,9H2. The minimum absolute atomic E-state index is 0.0107. The molecular weight excluding hydrogens is 244 g/mol. The topological polar surface area (TPSA) is 56.5 Å². The molecule has 0 unspecified atom stereocenters. The highest BCUT2D eigenvalue weighted by molar-refractivity contribution is 5.99. The van der Waals surface area contributed by atoms with Crippen LogP contribution in [0.15, 0.2) is 34.7 Å². The Hall–Kier alpha value is -2.10. The zero-order valence-electron chi connectivity index (χ0n) is 10.4. The highest BCUT2D eigenvalue weighted by Gasteiger charge is 2.27. The van der Waals surface area contributed by atoms with Crippen LogP contribution in [0.25, 0.3) is 11.0 Å². The minimum Gasteiger partial charge on any atom is -0.457 e. The summed E-state index contributed by atoms with van der Waals surface area (Å²) in [6, 6.07) is 9.07. The molecule has 1 aromatic carbocycles. The average molecular weight is 258 g/mol. The lowest BCUT2D eigenvalue weighted by atomic mass is 9.86. The van der Waals surface area contributed by atoms with Gasteiger partial charge in [-0.05, 0) is 25.0 Å². The number of rotatable bonds is 4. The zero-order chi connectivity index (χ0) is 13.2. The lowest BCUT2D eigenvalue weighted by Crippen LogP contribution is -2.26. The van der Waals surface area contributed by atoms with Crippen molar-refractivity contribution in [3.63, 3.8) is 0 Å². The molecule has 3 rings (SSSR count). The van der Waals surface area contributed by atoms with Crippen LogP contribution in [0.1, 0.15) is 29.8 Å². The molecule has 0 atom stereocenters. The Morgan fingerprint density at radius 2 is 2.05 bits per heavy atom. The van der Waals surface area contributed by atoms with E-state index in [4.69, 9.17) is 9.15 Å². The predicted molar refractivity (Wildman–Crippen MR) is 68.8 cm³/mol. The molecule has 4 nitrogen and oxygen atoms in total. The summed E-state index contributed by atoms with van der Waals surface area (Å²) in [7, 11) is 0. The van der Waals surface area contributed by atoms with Crippen LogP contribution in [0.2, 0.25) is 0 Å². The van der Waals surface area contributed by atoms with E-state index in [-0.39, 0.29) is 30.0 Å². The third kappa shape index (κ3) is 2.38. The number of hydrogen-bond acceptors (Lipinski definition) is 4. The van der Waals surface area contributed by atoms with Gasteiger partial charge in [0.05, 0.1) is 5.92 Å². The van der Waals surface area contributed by atoms with Crippen LogP contribution in [0.4, 0.5) is 0 Å². The van der Waals surface area contributed by atoms with Crippen molar-refractivity contribution in [2.75, 3.05) is 6.61 Å². The Labute approximate surface area is 110 Å². The first-order chi connectivity index (χ1) is 9.24. The molecule has 98 valence electrons. The van der Waals surface area contributed by atoms with Crippen LogP contribution in [0, 0.1) is 5.92 Å². The summed E-state index contributed by atoms with van der Waals surface area (Å²) in [5.41, 5.74) is 0.663. The van der Waals surface area contributed by atoms with E-state index in [0.29, 0.717) is 5.58 Å². The number of Topliss-reactive ketones (excluding diaryl/α,β-unsaturated/α-hetero) is 1. The number of para-hydroxylation sites is 1. The molecule has 0 radical (unpaired) electrons. The lowest BCUT2D eigenvalue weighted by molar-refractivity contribution is -0.150. The number of hydrogen-bond donors (Lipinski definition) is 0. The molecule has 4 heteroatoms. The number of benzene rings is 1. The fraction of sp³-hybridized carbons (Fsp3) is 0.333. The van der Waals surface area contributed by atoms with Crippen LogP contribution in [0.3, 0.4) is 0 Å². The molecule has 1 heterocycles. The summed E-state index contributed by atoms with van der Waals surface area (Å²) in [6.45, 7) is -0.241. The minimum atomic E-state index is -0.302. The molecular formula is C15H14O4. The number of carbonyl (C=O) groups excluding carboxylic acids is 2. The summed E-state index contributed by atoms with van der Waals surface area (Å²) in [5.74, 6) is -0.342. The van der Waals surface area contributed by atoms with Crippen molar-refractivity contribution in [3.8, 4) is 0 Å². The fourth-order valence-corrected chi connectivity index (χ4v) is 2.09. The average Bonchev–Trinajstić information content (AvgIpc) is 2.77. The second kappa shape index (κ2) is 4.88. The Morgan fingerprint density at radius 1 is 1.26 bits per heavy atom. The van der Waals surface area contributed by atoms with Crippen LogP contribution >= 0.6 is 0 Å². The normalized spacial score (nSPS) is 15.2. The Balaban J connectivity index is 1.64. The van der Waals surface area contributed by atoms with E-state index in [1.807, 2.05) is 18.2 Å². The highest BCUT2D eigenvalue weighted by Crippen LogP contribution is 2.27. The predicted octanol–water partition coefficient (Wildman–Crippen LogP) is 2.96. The molecule has 0 bridgehead atoms.